The summed E-state index contributed by atoms with van der Waals surface area (Å²) in [6.45, 7) is 6.20. The van der Waals surface area contributed by atoms with E-state index >= 15 is 0 Å². The molecular weight excluding hydrogens is 292 g/mol. The zero-order valence-electron chi connectivity index (χ0n) is 12.6. The van der Waals surface area contributed by atoms with E-state index in [0.717, 1.165) is 19.4 Å². The van der Waals surface area contributed by atoms with E-state index < -0.39 is 5.97 Å². The van der Waals surface area contributed by atoms with Crippen molar-refractivity contribution in [3.05, 3.63) is 22.7 Å². The molecule has 118 valence electrons. The van der Waals surface area contributed by atoms with Gasteiger partial charge in [-0.15, -0.1) is 0 Å². The van der Waals surface area contributed by atoms with Crippen LogP contribution >= 0.6 is 11.6 Å². The second-order valence-corrected chi connectivity index (χ2v) is 4.95. The van der Waals surface area contributed by atoms with Crippen LogP contribution in [-0.4, -0.2) is 32.3 Å². The highest BCUT2D eigenvalue weighted by atomic mass is 35.5. The minimum Gasteiger partial charge on any atom is -0.462 e. The molecule has 5 nitrogen and oxygen atoms in total. The van der Waals surface area contributed by atoms with E-state index in [0.29, 0.717) is 41.7 Å². The molecule has 0 amide bonds. The molecule has 0 radical (unpaired) electrons. The van der Waals surface area contributed by atoms with Gasteiger partial charge in [0.1, 0.15) is 0 Å². The molecule has 0 unspecified atom stereocenters. The molecule has 0 aliphatic rings. The first-order valence-electron chi connectivity index (χ1n) is 7.17. The van der Waals surface area contributed by atoms with Crippen LogP contribution in [0.3, 0.4) is 0 Å². The van der Waals surface area contributed by atoms with Gasteiger partial charge in [-0.25, -0.2) is 4.79 Å². The van der Waals surface area contributed by atoms with Crippen LogP contribution in [0.15, 0.2) is 12.1 Å². The molecule has 6 heteroatoms. The number of rotatable bonds is 9. The topological polar surface area (TPSA) is 73.6 Å². The van der Waals surface area contributed by atoms with Crippen molar-refractivity contribution >= 4 is 28.9 Å². The van der Waals surface area contributed by atoms with E-state index in [1.54, 1.807) is 19.1 Å². The average molecular weight is 315 g/mol. The predicted octanol–water partition coefficient (Wildman–Crippen LogP) is 3.33. The summed E-state index contributed by atoms with van der Waals surface area (Å²) in [7, 11) is 0. The fourth-order valence-electron chi connectivity index (χ4n) is 1.81. The van der Waals surface area contributed by atoms with Crippen LogP contribution < -0.4 is 11.1 Å². The number of halogens is 1. The Hall–Kier alpha value is -1.46. The zero-order valence-corrected chi connectivity index (χ0v) is 13.3. The van der Waals surface area contributed by atoms with Crippen LogP contribution in [0.1, 0.15) is 37.0 Å². The number of esters is 1. The van der Waals surface area contributed by atoms with Gasteiger partial charge in [-0.2, -0.15) is 0 Å². The molecule has 1 aromatic carbocycles. The van der Waals surface area contributed by atoms with Crippen LogP contribution in [0.25, 0.3) is 0 Å². The molecule has 3 N–H and O–H groups in total. The second-order valence-electron chi connectivity index (χ2n) is 4.54. The summed E-state index contributed by atoms with van der Waals surface area (Å²) in [5, 5.41) is 3.57. The predicted molar refractivity (Wildman–Crippen MR) is 86.0 cm³/mol. The summed E-state index contributed by atoms with van der Waals surface area (Å²) >= 11 is 6.16. The van der Waals surface area contributed by atoms with Gasteiger partial charge in [0.2, 0.25) is 0 Å². The Morgan fingerprint density at radius 3 is 2.76 bits per heavy atom. The molecule has 1 aromatic rings. The molecule has 0 spiro atoms. The van der Waals surface area contributed by atoms with Crippen molar-refractivity contribution in [1.29, 1.82) is 0 Å². The minimum absolute atomic E-state index is 0.301. The lowest BCUT2D eigenvalue weighted by atomic mass is 10.1. The van der Waals surface area contributed by atoms with E-state index in [4.69, 9.17) is 26.8 Å². The molecule has 0 aromatic heterocycles. The highest BCUT2D eigenvalue weighted by Crippen LogP contribution is 2.29. The summed E-state index contributed by atoms with van der Waals surface area (Å²) in [5.74, 6) is -0.434. The smallest absolute Gasteiger partial charge is 0.340 e. The Morgan fingerprint density at radius 2 is 2.10 bits per heavy atom. The van der Waals surface area contributed by atoms with Gasteiger partial charge in [-0.3, -0.25) is 0 Å². The Bertz CT molecular complexity index is 466. The molecule has 0 aliphatic heterocycles. The SMILES string of the molecule is CCCOCCCNc1c(Cl)cc(N)cc1C(=O)OCC. The fraction of sp³-hybridized carbons (Fsp3) is 0.533. The molecule has 1 rings (SSSR count). The van der Waals surface area contributed by atoms with Gasteiger partial charge in [0.05, 0.1) is 22.9 Å². The molecule has 0 bridgehead atoms. The average Bonchev–Trinajstić information content (AvgIpc) is 2.44. The molecule has 0 heterocycles. The molecule has 0 saturated carbocycles. The molecule has 0 atom stereocenters. The number of hydrogen-bond donors (Lipinski definition) is 2. The molecule has 0 aliphatic carbocycles. The Labute approximate surface area is 130 Å². The third kappa shape index (κ3) is 5.81. The Kier molecular flexibility index (Phi) is 7.93. The van der Waals surface area contributed by atoms with Gasteiger partial charge >= 0.3 is 5.97 Å². The number of benzene rings is 1. The molecular formula is C15H23ClN2O3. The van der Waals surface area contributed by atoms with E-state index in [2.05, 4.69) is 12.2 Å². The van der Waals surface area contributed by atoms with Crippen LogP contribution in [0.5, 0.6) is 0 Å². The summed E-state index contributed by atoms with van der Waals surface area (Å²) < 4.78 is 10.4. The van der Waals surface area contributed by atoms with Gasteiger partial charge in [0.15, 0.2) is 0 Å². The van der Waals surface area contributed by atoms with Gasteiger partial charge < -0.3 is 20.5 Å². The highest BCUT2D eigenvalue weighted by molar-refractivity contribution is 6.34. The number of hydrogen-bond acceptors (Lipinski definition) is 5. The first kappa shape index (κ1) is 17.6. The number of carbonyl (C=O) groups is 1. The Balaban J connectivity index is 2.69. The summed E-state index contributed by atoms with van der Waals surface area (Å²) in [4.78, 5) is 11.9. The normalized spacial score (nSPS) is 10.4. The van der Waals surface area contributed by atoms with E-state index in [-0.39, 0.29) is 0 Å². The van der Waals surface area contributed by atoms with Crippen molar-refractivity contribution in [2.45, 2.75) is 26.7 Å². The maximum atomic E-state index is 11.9. The van der Waals surface area contributed by atoms with Crippen LogP contribution in [0.2, 0.25) is 5.02 Å². The van der Waals surface area contributed by atoms with Gasteiger partial charge in [-0.1, -0.05) is 18.5 Å². The van der Waals surface area contributed by atoms with Crippen molar-refractivity contribution in [3.8, 4) is 0 Å². The number of nitrogens with two attached hydrogens (primary N) is 1. The van der Waals surface area contributed by atoms with Crippen molar-refractivity contribution < 1.29 is 14.3 Å². The number of nitrogens with one attached hydrogen (secondary N) is 1. The van der Waals surface area contributed by atoms with Crippen LogP contribution in [0.4, 0.5) is 11.4 Å². The van der Waals surface area contributed by atoms with Crippen molar-refractivity contribution in [1.82, 2.24) is 0 Å². The van der Waals surface area contributed by atoms with Crippen molar-refractivity contribution in [3.63, 3.8) is 0 Å². The first-order chi connectivity index (χ1) is 10.1. The van der Waals surface area contributed by atoms with Crippen LogP contribution in [0, 0.1) is 0 Å². The lowest BCUT2D eigenvalue weighted by Gasteiger charge is -2.14. The second kappa shape index (κ2) is 9.47. The largest absolute Gasteiger partial charge is 0.462 e. The lowest BCUT2D eigenvalue weighted by molar-refractivity contribution is 0.0527. The number of carbonyl (C=O) groups excluding carboxylic acids is 1. The fourth-order valence-corrected chi connectivity index (χ4v) is 2.11. The number of nitrogen functional groups attached to an aromatic ring is 1. The van der Waals surface area contributed by atoms with E-state index in [9.17, 15) is 4.79 Å². The third-order valence-electron chi connectivity index (χ3n) is 2.72. The first-order valence-corrected chi connectivity index (χ1v) is 7.55. The number of anilines is 2. The summed E-state index contributed by atoms with van der Waals surface area (Å²) in [6, 6.07) is 3.18. The third-order valence-corrected chi connectivity index (χ3v) is 3.02. The minimum atomic E-state index is -0.434. The van der Waals surface area contributed by atoms with Crippen molar-refractivity contribution in [2.24, 2.45) is 0 Å². The van der Waals surface area contributed by atoms with Gasteiger partial charge in [0, 0.05) is 25.4 Å². The monoisotopic (exact) mass is 314 g/mol. The number of ether oxygens (including phenoxy) is 2. The van der Waals surface area contributed by atoms with Gasteiger partial charge in [0.25, 0.3) is 0 Å². The van der Waals surface area contributed by atoms with Crippen molar-refractivity contribution in [2.75, 3.05) is 37.4 Å². The van der Waals surface area contributed by atoms with E-state index in [1.807, 2.05) is 0 Å². The molecule has 0 fully saturated rings. The standard InChI is InChI=1S/C15H23ClN2O3/c1-3-7-20-8-5-6-18-14-12(15(19)21-4-2)9-11(17)10-13(14)16/h9-10,18H,3-8,17H2,1-2H3. The lowest BCUT2D eigenvalue weighted by Crippen LogP contribution is -2.13. The summed E-state index contributed by atoms with van der Waals surface area (Å²) in [5.41, 5.74) is 7.08. The van der Waals surface area contributed by atoms with Crippen LogP contribution in [-0.2, 0) is 9.47 Å². The highest BCUT2D eigenvalue weighted by Gasteiger charge is 2.16. The quantitative estimate of drug-likeness (QED) is 0.415. The molecule has 21 heavy (non-hydrogen) atoms. The zero-order chi connectivity index (χ0) is 15.7. The Morgan fingerprint density at radius 1 is 1.33 bits per heavy atom. The van der Waals surface area contributed by atoms with E-state index in [1.165, 1.54) is 0 Å². The molecule has 0 saturated heterocycles. The summed E-state index contributed by atoms with van der Waals surface area (Å²) in [6.07, 6.45) is 1.83. The maximum Gasteiger partial charge on any atom is 0.340 e. The maximum absolute atomic E-state index is 11.9. The van der Waals surface area contributed by atoms with Gasteiger partial charge in [-0.05, 0) is 31.9 Å².